The van der Waals surface area contributed by atoms with Gasteiger partial charge in [0.25, 0.3) is 0 Å². The van der Waals surface area contributed by atoms with E-state index in [1.54, 1.807) is 11.3 Å². The topological polar surface area (TPSA) is 68.5 Å². The predicted octanol–water partition coefficient (Wildman–Crippen LogP) is 2.60. The SMILES string of the molecule is Cc1nc(CN2CC[C@@H](Oc3ccccc3)[C@H](CC(N)=O)C2)cs1. The molecule has 6 heteroatoms. The van der Waals surface area contributed by atoms with Gasteiger partial charge in [0.05, 0.1) is 10.7 Å². The van der Waals surface area contributed by atoms with Gasteiger partial charge in [-0.05, 0) is 25.5 Å². The summed E-state index contributed by atoms with van der Waals surface area (Å²) in [6.45, 7) is 4.57. The Hall–Kier alpha value is -1.92. The van der Waals surface area contributed by atoms with Gasteiger partial charge in [0.2, 0.25) is 5.91 Å². The predicted molar refractivity (Wildman–Crippen MR) is 94.9 cm³/mol. The standard InChI is InChI=1S/C18H23N3O2S/c1-13-20-15(12-24-13)11-21-8-7-17(14(10-21)9-18(19)22)23-16-5-3-2-4-6-16/h2-6,12,14,17H,7-11H2,1H3,(H2,19,22)/t14-,17-/m1/s1. The molecule has 1 aliphatic heterocycles. The number of carbonyl (C=O) groups is 1. The molecule has 0 spiro atoms. The monoisotopic (exact) mass is 345 g/mol. The van der Waals surface area contributed by atoms with Crippen molar-refractivity contribution in [3.63, 3.8) is 0 Å². The largest absolute Gasteiger partial charge is 0.490 e. The van der Waals surface area contributed by atoms with Gasteiger partial charge in [-0.3, -0.25) is 9.69 Å². The van der Waals surface area contributed by atoms with Gasteiger partial charge in [0.1, 0.15) is 11.9 Å². The van der Waals surface area contributed by atoms with Crippen LogP contribution in [0.25, 0.3) is 0 Å². The molecule has 3 rings (SSSR count). The number of para-hydroxylation sites is 1. The maximum atomic E-state index is 11.5. The molecule has 0 saturated carbocycles. The van der Waals surface area contributed by atoms with Gasteiger partial charge in [-0.1, -0.05) is 18.2 Å². The molecule has 1 saturated heterocycles. The molecule has 128 valence electrons. The molecule has 0 unspecified atom stereocenters. The van der Waals surface area contributed by atoms with Crippen molar-refractivity contribution in [1.82, 2.24) is 9.88 Å². The van der Waals surface area contributed by atoms with Crippen molar-refractivity contribution in [3.05, 3.63) is 46.4 Å². The number of ether oxygens (including phenoxy) is 1. The van der Waals surface area contributed by atoms with Gasteiger partial charge in [-0.2, -0.15) is 0 Å². The zero-order chi connectivity index (χ0) is 16.9. The smallest absolute Gasteiger partial charge is 0.217 e. The van der Waals surface area contributed by atoms with E-state index in [0.29, 0.717) is 6.42 Å². The zero-order valence-corrected chi connectivity index (χ0v) is 14.7. The number of aromatic nitrogens is 1. The van der Waals surface area contributed by atoms with Crippen LogP contribution >= 0.6 is 11.3 Å². The van der Waals surface area contributed by atoms with Crippen LogP contribution in [0.3, 0.4) is 0 Å². The lowest BCUT2D eigenvalue weighted by Gasteiger charge is -2.38. The van der Waals surface area contributed by atoms with Crippen molar-refractivity contribution in [2.45, 2.75) is 32.4 Å². The highest BCUT2D eigenvalue weighted by Crippen LogP contribution is 2.26. The van der Waals surface area contributed by atoms with Gasteiger partial charge in [-0.15, -0.1) is 11.3 Å². The highest BCUT2D eigenvalue weighted by molar-refractivity contribution is 7.09. The summed E-state index contributed by atoms with van der Waals surface area (Å²) in [6.07, 6.45) is 1.26. The normalized spacial score (nSPS) is 21.5. The van der Waals surface area contributed by atoms with E-state index in [1.807, 2.05) is 37.3 Å². The first-order valence-electron chi connectivity index (χ1n) is 8.23. The van der Waals surface area contributed by atoms with Crippen LogP contribution in [0.2, 0.25) is 0 Å². The van der Waals surface area contributed by atoms with Crippen LogP contribution < -0.4 is 10.5 Å². The maximum Gasteiger partial charge on any atom is 0.217 e. The van der Waals surface area contributed by atoms with Crippen molar-refractivity contribution >= 4 is 17.2 Å². The van der Waals surface area contributed by atoms with Crippen LogP contribution in [0.1, 0.15) is 23.5 Å². The Balaban J connectivity index is 1.64. The number of amides is 1. The Kier molecular flexibility index (Phi) is 5.48. The van der Waals surface area contributed by atoms with Crippen LogP contribution in [0, 0.1) is 12.8 Å². The lowest BCUT2D eigenvalue weighted by molar-refractivity contribution is -0.120. The van der Waals surface area contributed by atoms with E-state index in [1.165, 1.54) is 0 Å². The van der Waals surface area contributed by atoms with Gasteiger partial charge < -0.3 is 10.5 Å². The number of piperidine rings is 1. The summed E-state index contributed by atoms with van der Waals surface area (Å²) >= 11 is 1.67. The molecule has 2 aromatic rings. The number of rotatable bonds is 6. The third-order valence-corrected chi connectivity index (χ3v) is 5.12. The molecule has 2 atom stereocenters. The number of primary amides is 1. The second-order valence-corrected chi connectivity index (χ2v) is 7.34. The zero-order valence-electron chi connectivity index (χ0n) is 13.9. The summed E-state index contributed by atoms with van der Waals surface area (Å²) in [4.78, 5) is 18.3. The Morgan fingerprint density at radius 1 is 1.42 bits per heavy atom. The van der Waals surface area contributed by atoms with Crippen LogP contribution in [-0.4, -0.2) is 35.0 Å². The molecule has 0 bridgehead atoms. The number of nitrogens with zero attached hydrogens (tertiary/aromatic N) is 2. The summed E-state index contributed by atoms with van der Waals surface area (Å²) in [6, 6.07) is 9.78. The van der Waals surface area contributed by atoms with E-state index >= 15 is 0 Å². The van der Waals surface area contributed by atoms with Crippen LogP contribution in [-0.2, 0) is 11.3 Å². The van der Waals surface area contributed by atoms with Crippen LogP contribution in [0.5, 0.6) is 5.75 Å². The van der Waals surface area contributed by atoms with E-state index in [2.05, 4.69) is 15.3 Å². The molecule has 1 aliphatic rings. The molecular formula is C18H23N3O2S. The number of thiazole rings is 1. The fourth-order valence-corrected chi connectivity index (χ4v) is 3.83. The number of nitrogens with two attached hydrogens (primary N) is 1. The third kappa shape index (κ3) is 4.55. The van der Waals surface area contributed by atoms with Gasteiger partial charge in [-0.25, -0.2) is 4.98 Å². The maximum absolute atomic E-state index is 11.5. The highest BCUT2D eigenvalue weighted by Gasteiger charge is 2.32. The quantitative estimate of drug-likeness (QED) is 0.874. The second kappa shape index (κ2) is 7.77. The van der Waals surface area contributed by atoms with E-state index in [0.717, 1.165) is 42.5 Å². The van der Waals surface area contributed by atoms with E-state index in [9.17, 15) is 4.79 Å². The van der Waals surface area contributed by atoms with E-state index in [4.69, 9.17) is 10.5 Å². The summed E-state index contributed by atoms with van der Waals surface area (Å²) < 4.78 is 6.12. The number of likely N-dealkylation sites (tertiary alicyclic amines) is 1. The molecule has 2 N–H and O–H groups in total. The Morgan fingerprint density at radius 2 is 2.21 bits per heavy atom. The first-order chi connectivity index (χ1) is 11.6. The van der Waals surface area contributed by atoms with Crippen LogP contribution in [0.4, 0.5) is 0 Å². The molecular weight excluding hydrogens is 322 g/mol. The summed E-state index contributed by atoms with van der Waals surface area (Å²) in [5.41, 5.74) is 6.55. The van der Waals surface area contributed by atoms with Gasteiger partial charge >= 0.3 is 0 Å². The number of benzene rings is 1. The average molecular weight is 345 g/mol. The summed E-state index contributed by atoms with van der Waals surface area (Å²) in [5.74, 6) is 0.685. The minimum Gasteiger partial charge on any atom is -0.490 e. The fourth-order valence-electron chi connectivity index (χ4n) is 3.22. The van der Waals surface area contributed by atoms with Gasteiger partial charge in [0.15, 0.2) is 0 Å². The number of hydrogen-bond acceptors (Lipinski definition) is 5. The molecule has 0 radical (unpaired) electrons. The van der Waals surface area contributed by atoms with Crippen LogP contribution in [0.15, 0.2) is 35.7 Å². The van der Waals surface area contributed by atoms with Crippen molar-refractivity contribution in [2.24, 2.45) is 11.7 Å². The van der Waals surface area contributed by atoms with Gasteiger partial charge in [0, 0.05) is 37.4 Å². The average Bonchev–Trinajstić information content (AvgIpc) is 2.95. The molecule has 24 heavy (non-hydrogen) atoms. The minimum atomic E-state index is -0.270. The highest BCUT2D eigenvalue weighted by atomic mass is 32.1. The third-order valence-electron chi connectivity index (χ3n) is 4.29. The lowest BCUT2D eigenvalue weighted by atomic mass is 9.91. The lowest BCUT2D eigenvalue weighted by Crippen LogP contribution is -2.46. The molecule has 1 amide bonds. The molecule has 2 heterocycles. The first kappa shape index (κ1) is 16.9. The van der Waals surface area contributed by atoms with Crippen molar-refractivity contribution in [2.75, 3.05) is 13.1 Å². The van der Waals surface area contributed by atoms with Crippen molar-refractivity contribution in [3.8, 4) is 5.75 Å². The molecule has 5 nitrogen and oxygen atoms in total. The van der Waals surface area contributed by atoms with E-state index in [-0.39, 0.29) is 17.9 Å². The second-order valence-electron chi connectivity index (χ2n) is 6.28. The molecule has 1 fully saturated rings. The van der Waals surface area contributed by atoms with Crippen molar-refractivity contribution in [1.29, 1.82) is 0 Å². The van der Waals surface area contributed by atoms with E-state index < -0.39 is 0 Å². The first-order valence-corrected chi connectivity index (χ1v) is 9.11. The number of hydrogen-bond donors (Lipinski definition) is 1. The summed E-state index contributed by atoms with van der Waals surface area (Å²) in [7, 11) is 0. The molecule has 0 aliphatic carbocycles. The Bertz CT molecular complexity index is 674. The molecule has 1 aromatic carbocycles. The Labute approximate surface area is 146 Å². The minimum absolute atomic E-state index is 0.0216. The molecule has 1 aromatic heterocycles. The number of carbonyl (C=O) groups excluding carboxylic acids is 1. The summed E-state index contributed by atoms with van der Waals surface area (Å²) in [5, 5.41) is 3.19. The number of aryl methyl sites for hydroxylation is 1. The fraction of sp³-hybridized carbons (Fsp3) is 0.444. The van der Waals surface area contributed by atoms with Crippen molar-refractivity contribution < 1.29 is 9.53 Å². The Morgan fingerprint density at radius 3 is 2.88 bits per heavy atom.